The molecular formula is C22H30CuN2O4. The topological polar surface area (TPSA) is 106 Å². The summed E-state index contributed by atoms with van der Waals surface area (Å²) >= 11 is 0. The maximum Gasteiger partial charge on any atom is 0.124 e. The number of hydrogen-bond donors (Lipinski definition) is 4. The van der Waals surface area contributed by atoms with Crippen LogP contribution in [0.3, 0.4) is 0 Å². The molecule has 2 rings (SSSR count). The van der Waals surface area contributed by atoms with Gasteiger partial charge in [-0.1, -0.05) is 24.3 Å². The average Bonchev–Trinajstić information content (AvgIpc) is 2.71. The summed E-state index contributed by atoms with van der Waals surface area (Å²) < 4.78 is 0. The number of aliphatic hydroxyl groups is 2. The molecule has 0 spiro atoms. The summed E-state index contributed by atoms with van der Waals surface area (Å²) in [5, 5.41) is 35.8. The van der Waals surface area contributed by atoms with Gasteiger partial charge in [0.1, 0.15) is 11.5 Å². The van der Waals surface area contributed by atoms with Crippen molar-refractivity contribution < 1.29 is 37.5 Å². The van der Waals surface area contributed by atoms with E-state index in [0.29, 0.717) is 13.1 Å². The maximum atomic E-state index is 9.38. The Hall–Kier alpha value is -2.18. The molecule has 2 aromatic carbocycles. The maximum absolute atomic E-state index is 9.38. The van der Waals surface area contributed by atoms with Crippen LogP contribution in [-0.2, 0) is 17.1 Å². The molecule has 1 radical (unpaired) electrons. The van der Waals surface area contributed by atoms with Crippen LogP contribution in [0, 0.1) is 0 Å². The first kappa shape index (κ1) is 26.8. The molecule has 0 unspecified atom stereocenters. The molecule has 0 amide bonds. The Morgan fingerprint density at radius 2 is 1.00 bits per heavy atom. The van der Waals surface area contributed by atoms with Crippen molar-refractivity contribution in [2.45, 2.75) is 25.7 Å². The number of hydrogen-bond acceptors (Lipinski definition) is 6. The van der Waals surface area contributed by atoms with Crippen molar-refractivity contribution in [1.82, 2.24) is 0 Å². The zero-order chi connectivity index (χ0) is 20.5. The van der Waals surface area contributed by atoms with Crippen LogP contribution < -0.4 is 0 Å². The molecule has 0 aliphatic heterocycles. The molecule has 0 bridgehead atoms. The van der Waals surface area contributed by atoms with Gasteiger partial charge in [0.15, 0.2) is 0 Å². The van der Waals surface area contributed by atoms with E-state index in [4.69, 9.17) is 10.2 Å². The fourth-order valence-electron chi connectivity index (χ4n) is 2.15. The summed E-state index contributed by atoms with van der Waals surface area (Å²) in [6, 6.07) is 14.2. The summed E-state index contributed by atoms with van der Waals surface area (Å²) in [5.41, 5.74) is 1.47. The first-order valence-corrected chi connectivity index (χ1v) is 9.46. The van der Waals surface area contributed by atoms with Crippen LogP contribution in [0.2, 0.25) is 0 Å². The fraction of sp³-hybridized carbons (Fsp3) is 0.364. The van der Waals surface area contributed by atoms with Crippen LogP contribution in [0.4, 0.5) is 0 Å². The van der Waals surface area contributed by atoms with Gasteiger partial charge in [0.05, 0.1) is 0 Å². The quantitative estimate of drug-likeness (QED) is 0.254. The molecule has 0 saturated carbocycles. The van der Waals surface area contributed by atoms with Crippen molar-refractivity contribution in [3.8, 4) is 11.5 Å². The molecule has 0 aromatic heterocycles. The summed E-state index contributed by atoms with van der Waals surface area (Å²) in [7, 11) is 0. The third kappa shape index (κ3) is 12.8. The Bertz CT molecular complexity index is 662. The summed E-state index contributed by atoms with van der Waals surface area (Å²) in [5.74, 6) is 0.497. The Morgan fingerprint density at radius 1 is 0.621 bits per heavy atom. The summed E-state index contributed by atoms with van der Waals surface area (Å²) in [4.78, 5) is 8.29. The molecule has 0 heterocycles. The van der Waals surface area contributed by atoms with Crippen molar-refractivity contribution >= 4 is 12.4 Å². The Balaban J connectivity index is 0.000000523. The largest absolute Gasteiger partial charge is 0.507 e. The normalized spacial score (nSPS) is 10.6. The molecule has 0 atom stereocenters. The molecule has 0 saturated heterocycles. The molecule has 6 nitrogen and oxygen atoms in total. The monoisotopic (exact) mass is 449 g/mol. The molecule has 163 valence electrons. The van der Waals surface area contributed by atoms with E-state index in [1.807, 2.05) is 24.3 Å². The zero-order valence-corrected chi connectivity index (χ0v) is 17.4. The molecule has 0 fully saturated rings. The number of nitrogens with zero attached hydrogens (tertiary/aromatic N) is 2. The van der Waals surface area contributed by atoms with Gasteiger partial charge in [-0.25, -0.2) is 0 Å². The van der Waals surface area contributed by atoms with Crippen molar-refractivity contribution in [1.29, 1.82) is 0 Å². The molecule has 0 aliphatic carbocycles. The SMILES string of the molecule is OCCCCN=Cc1ccccc1O.OCCCCN=Cc1ccccc1O.[Cu]. The van der Waals surface area contributed by atoms with Crippen molar-refractivity contribution in [3.63, 3.8) is 0 Å². The van der Waals surface area contributed by atoms with Gasteiger partial charge in [0, 0.05) is 66.9 Å². The molecular weight excluding hydrogens is 420 g/mol. The molecule has 7 heteroatoms. The van der Waals surface area contributed by atoms with E-state index < -0.39 is 0 Å². The van der Waals surface area contributed by atoms with E-state index in [1.165, 1.54) is 0 Å². The molecule has 2 aromatic rings. The second kappa shape index (κ2) is 17.9. The van der Waals surface area contributed by atoms with Crippen LogP contribution in [0.25, 0.3) is 0 Å². The minimum absolute atomic E-state index is 0. The van der Waals surface area contributed by atoms with E-state index in [-0.39, 0.29) is 41.8 Å². The van der Waals surface area contributed by atoms with Crippen molar-refractivity contribution in [2.24, 2.45) is 9.98 Å². The summed E-state index contributed by atoms with van der Waals surface area (Å²) in [6.07, 6.45) is 6.62. The van der Waals surface area contributed by atoms with E-state index in [2.05, 4.69) is 9.98 Å². The van der Waals surface area contributed by atoms with Gasteiger partial charge in [-0.15, -0.1) is 0 Å². The fourth-order valence-corrected chi connectivity index (χ4v) is 2.15. The second-order valence-electron chi connectivity index (χ2n) is 6.05. The Morgan fingerprint density at radius 3 is 1.34 bits per heavy atom. The van der Waals surface area contributed by atoms with Crippen LogP contribution >= 0.6 is 0 Å². The van der Waals surface area contributed by atoms with Gasteiger partial charge < -0.3 is 20.4 Å². The van der Waals surface area contributed by atoms with E-state index in [0.717, 1.165) is 36.8 Å². The van der Waals surface area contributed by atoms with Crippen LogP contribution in [0.5, 0.6) is 11.5 Å². The number of para-hydroxylation sites is 2. The number of phenolic OH excluding ortho intramolecular Hbond substituents is 2. The minimum Gasteiger partial charge on any atom is -0.507 e. The minimum atomic E-state index is 0. The van der Waals surface area contributed by atoms with Crippen molar-refractivity contribution in [2.75, 3.05) is 26.3 Å². The van der Waals surface area contributed by atoms with Gasteiger partial charge in [0.2, 0.25) is 0 Å². The molecule has 0 aliphatic rings. The number of aliphatic imine (C=N–C) groups is 2. The number of aromatic hydroxyl groups is 2. The number of unbranched alkanes of at least 4 members (excludes halogenated alkanes) is 2. The van der Waals surface area contributed by atoms with E-state index in [9.17, 15) is 10.2 Å². The number of phenols is 2. The number of benzene rings is 2. The second-order valence-corrected chi connectivity index (χ2v) is 6.05. The third-order valence-corrected chi connectivity index (χ3v) is 3.72. The number of aliphatic hydroxyl groups excluding tert-OH is 2. The third-order valence-electron chi connectivity index (χ3n) is 3.72. The van der Waals surface area contributed by atoms with Crippen LogP contribution in [-0.4, -0.2) is 59.2 Å². The van der Waals surface area contributed by atoms with Gasteiger partial charge in [-0.2, -0.15) is 0 Å². The van der Waals surface area contributed by atoms with Gasteiger partial charge in [-0.05, 0) is 49.9 Å². The molecule has 4 N–H and O–H groups in total. The summed E-state index contributed by atoms with van der Waals surface area (Å²) in [6.45, 7) is 1.81. The van der Waals surface area contributed by atoms with Crippen LogP contribution in [0.15, 0.2) is 58.5 Å². The standard InChI is InChI=1S/2C11H15NO2.Cu/c2*13-8-4-3-7-12-9-10-5-1-2-6-11(10)14;/h2*1-2,5-6,9,13-14H,3-4,7-8H2;. The first-order valence-electron chi connectivity index (χ1n) is 9.46. The van der Waals surface area contributed by atoms with Gasteiger partial charge >= 0.3 is 0 Å². The van der Waals surface area contributed by atoms with Gasteiger partial charge in [0.25, 0.3) is 0 Å². The van der Waals surface area contributed by atoms with Crippen LogP contribution in [0.1, 0.15) is 36.8 Å². The molecule has 29 heavy (non-hydrogen) atoms. The van der Waals surface area contributed by atoms with Crippen molar-refractivity contribution in [3.05, 3.63) is 59.7 Å². The van der Waals surface area contributed by atoms with Gasteiger partial charge in [-0.3, -0.25) is 9.98 Å². The Labute approximate surface area is 183 Å². The predicted octanol–water partition coefficient (Wildman–Crippen LogP) is 3.16. The first-order chi connectivity index (χ1) is 13.7. The predicted molar refractivity (Wildman–Crippen MR) is 114 cm³/mol. The Kier molecular flexibility index (Phi) is 16.5. The number of rotatable bonds is 10. The van der Waals surface area contributed by atoms with E-state index >= 15 is 0 Å². The zero-order valence-electron chi connectivity index (χ0n) is 16.4. The average molecular weight is 450 g/mol. The smallest absolute Gasteiger partial charge is 0.124 e. The van der Waals surface area contributed by atoms with E-state index in [1.54, 1.807) is 36.7 Å².